The Balaban J connectivity index is 2.96. The molecule has 1 heterocycles. The first-order chi connectivity index (χ1) is 7.93. The van der Waals surface area contributed by atoms with Crippen LogP contribution in [0.1, 0.15) is 0 Å². The third kappa shape index (κ3) is 1.37. The van der Waals surface area contributed by atoms with Crippen LogP contribution in [0.25, 0.3) is 11.0 Å². The molecule has 11 nitrogen and oxygen atoms in total. The van der Waals surface area contributed by atoms with Crippen LogP contribution in [-0.4, -0.2) is 20.1 Å². The Bertz CT molecular complexity index is 647. The average Bonchev–Trinajstić information content (AvgIpc) is 2.59. The van der Waals surface area contributed by atoms with Crippen molar-refractivity contribution >= 4 is 22.4 Å². The second-order valence-electron chi connectivity index (χ2n) is 2.90. The summed E-state index contributed by atoms with van der Waals surface area (Å²) in [5.74, 6) is -1.16. The Kier molecular flexibility index (Phi) is 2.02. The predicted octanol–water partition coefficient (Wildman–Crippen LogP) is -0.0168. The number of benzene rings is 1. The number of hydrogen-bond acceptors (Lipinski definition) is 8. The van der Waals surface area contributed by atoms with E-state index in [0.717, 1.165) is 0 Å². The molecule has 0 saturated heterocycles. The third-order valence-electron chi connectivity index (χ3n) is 1.98. The lowest BCUT2D eigenvalue weighted by Gasteiger charge is -1.96. The number of aromatic nitrogens is 2. The monoisotopic (exact) mass is 242 g/mol. The molecule has 1 aromatic heterocycles. The average molecular weight is 242 g/mol. The number of nitrogens with zero attached hydrogens (tertiary/aromatic N) is 4. The molecule has 0 radical (unpaired) electrons. The van der Waals surface area contributed by atoms with Crippen molar-refractivity contribution in [2.45, 2.75) is 0 Å². The Hall–Kier alpha value is -2.98. The van der Waals surface area contributed by atoms with Gasteiger partial charge in [-0.05, 0) is 4.90 Å². The summed E-state index contributed by atoms with van der Waals surface area (Å²) in [5.41, 5.74) is -3.15. The summed E-state index contributed by atoms with van der Waals surface area (Å²) in [6, 6.07) is 0.672. The quantitative estimate of drug-likeness (QED) is 0.436. The van der Waals surface area contributed by atoms with E-state index in [0.29, 0.717) is 6.07 Å². The molecule has 88 valence electrons. The van der Waals surface area contributed by atoms with Gasteiger partial charge in [-0.2, -0.15) is 0 Å². The smallest absolute Gasteiger partial charge is 0.392 e. The molecule has 0 aliphatic rings. The summed E-state index contributed by atoms with van der Waals surface area (Å²) in [6.07, 6.45) is 0. The highest BCUT2D eigenvalue weighted by Crippen LogP contribution is 2.39. The minimum atomic E-state index is -1.18. The predicted molar refractivity (Wildman–Crippen MR) is 47.9 cm³/mol. The molecule has 2 aromatic rings. The van der Waals surface area contributed by atoms with Gasteiger partial charge < -0.3 is 10.3 Å². The van der Waals surface area contributed by atoms with Crippen molar-refractivity contribution in [3.8, 4) is 5.75 Å². The highest BCUT2D eigenvalue weighted by molar-refractivity contribution is 5.87. The maximum absolute atomic E-state index is 11.0. The van der Waals surface area contributed by atoms with E-state index in [9.17, 15) is 30.5 Å². The van der Waals surface area contributed by atoms with E-state index in [1.807, 2.05) is 0 Å². The number of rotatable bonds is 2. The van der Waals surface area contributed by atoms with E-state index in [1.165, 1.54) is 0 Å². The van der Waals surface area contributed by atoms with Gasteiger partial charge in [0.05, 0.1) is 15.9 Å². The third-order valence-corrected chi connectivity index (χ3v) is 1.98. The molecule has 0 spiro atoms. The molecule has 0 bridgehead atoms. The molecule has 0 fully saturated rings. The standard InChI is InChI=1S/C6H2N4O7/c11-6-4-2(7-17-10(4)16)1-3(8(12)13)5(6)9(14)15/h1,11H. The summed E-state index contributed by atoms with van der Waals surface area (Å²) in [4.78, 5) is 18.7. The van der Waals surface area contributed by atoms with Crippen LogP contribution in [-0.2, 0) is 0 Å². The summed E-state index contributed by atoms with van der Waals surface area (Å²) >= 11 is 0. The van der Waals surface area contributed by atoms with Crippen molar-refractivity contribution < 1.29 is 24.5 Å². The number of fused-ring (bicyclic) bond motifs is 1. The van der Waals surface area contributed by atoms with Crippen molar-refractivity contribution in [3.63, 3.8) is 0 Å². The second-order valence-corrected chi connectivity index (χ2v) is 2.90. The van der Waals surface area contributed by atoms with Gasteiger partial charge in [0.15, 0.2) is 0 Å². The molecular formula is C6H2N4O7. The lowest BCUT2D eigenvalue weighted by atomic mass is 10.2. The molecule has 0 atom stereocenters. The maximum atomic E-state index is 11.0. The highest BCUT2D eigenvalue weighted by atomic mass is 16.8. The fourth-order valence-corrected chi connectivity index (χ4v) is 1.31. The topological polar surface area (TPSA) is 159 Å². The summed E-state index contributed by atoms with van der Waals surface area (Å²) in [5, 5.41) is 44.7. The van der Waals surface area contributed by atoms with Crippen LogP contribution in [0, 0.1) is 25.4 Å². The van der Waals surface area contributed by atoms with Gasteiger partial charge in [-0.15, -0.1) is 0 Å². The van der Waals surface area contributed by atoms with Crippen molar-refractivity contribution in [2.24, 2.45) is 0 Å². The molecular weight excluding hydrogens is 240 g/mol. The van der Waals surface area contributed by atoms with Gasteiger partial charge in [0.1, 0.15) is 0 Å². The molecule has 0 aliphatic heterocycles. The minimum absolute atomic E-state index is 0.276. The number of phenolic OH excluding ortho intramolecular Hbond substituents is 1. The molecule has 0 unspecified atom stereocenters. The number of aromatic hydroxyl groups is 1. The van der Waals surface area contributed by atoms with Gasteiger partial charge in [0.25, 0.3) is 16.8 Å². The van der Waals surface area contributed by atoms with Gasteiger partial charge in [-0.3, -0.25) is 24.9 Å². The zero-order valence-electron chi connectivity index (χ0n) is 7.76. The molecule has 11 heteroatoms. The van der Waals surface area contributed by atoms with Crippen LogP contribution in [0.2, 0.25) is 0 Å². The van der Waals surface area contributed by atoms with E-state index < -0.39 is 32.5 Å². The van der Waals surface area contributed by atoms with Gasteiger partial charge in [-0.1, -0.05) is 0 Å². The second kappa shape index (κ2) is 3.26. The Morgan fingerprint density at radius 1 is 1.35 bits per heavy atom. The van der Waals surface area contributed by atoms with Gasteiger partial charge in [0, 0.05) is 5.16 Å². The number of nitro groups is 2. The number of hydrogen-bond donors (Lipinski definition) is 1. The van der Waals surface area contributed by atoms with E-state index in [4.69, 9.17) is 0 Å². The first-order valence-electron chi connectivity index (χ1n) is 3.97. The first-order valence-corrected chi connectivity index (χ1v) is 3.97. The van der Waals surface area contributed by atoms with Crippen LogP contribution < -0.4 is 4.90 Å². The van der Waals surface area contributed by atoms with Gasteiger partial charge >= 0.3 is 11.4 Å². The number of phenols is 1. The fraction of sp³-hybridized carbons (Fsp3) is 0. The van der Waals surface area contributed by atoms with Crippen LogP contribution in [0.5, 0.6) is 5.75 Å². The number of nitro benzene ring substituents is 2. The molecule has 0 amide bonds. The van der Waals surface area contributed by atoms with Crippen molar-refractivity contribution in [3.05, 3.63) is 31.5 Å². The molecule has 1 N–H and O–H groups in total. The first kappa shape index (κ1) is 10.5. The van der Waals surface area contributed by atoms with Crippen LogP contribution >= 0.6 is 0 Å². The highest BCUT2D eigenvalue weighted by Gasteiger charge is 2.36. The van der Waals surface area contributed by atoms with Crippen molar-refractivity contribution in [2.75, 3.05) is 0 Å². The van der Waals surface area contributed by atoms with Crippen molar-refractivity contribution in [1.82, 2.24) is 5.16 Å². The molecule has 17 heavy (non-hydrogen) atoms. The fourth-order valence-electron chi connectivity index (χ4n) is 1.31. The Morgan fingerprint density at radius 2 is 2.00 bits per heavy atom. The summed E-state index contributed by atoms with van der Waals surface area (Å²) in [6.45, 7) is 0. The van der Waals surface area contributed by atoms with Gasteiger partial charge in [0.2, 0.25) is 0 Å². The Morgan fingerprint density at radius 3 is 2.53 bits per heavy atom. The van der Waals surface area contributed by atoms with Crippen molar-refractivity contribution in [1.29, 1.82) is 0 Å². The molecule has 0 saturated carbocycles. The largest absolute Gasteiger partial charge is 0.499 e. The summed E-state index contributed by atoms with van der Waals surface area (Å²) in [7, 11) is 0. The molecule has 1 aromatic carbocycles. The minimum Gasteiger partial charge on any atom is -0.499 e. The molecule has 2 rings (SSSR count). The zero-order valence-corrected chi connectivity index (χ0v) is 7.76. The lowest BCUT2D eigenvalue weighted by Crippen LogP contribution is -2.22. The zero-order chi connectivity index (χ0) is 12.7. The normalized spacial score (nSPS) is 10.6. The van der Waals surface area contributed by atoms with Crippen LogP contribution in [0.15, 0.2) is 10.7 Å². The van der Waals surface area contributed by atoms with Crippen LogP contribution in [0.4, 0.5) is 11.4 Å². The van der Waals surface area contributed by atoms with Crippen LogP contribution in [0.3, 0.4) is 0 Å². The SMILES string of the molecule is O=[N+]([O-])c1cc2no[n+]([O-])c2c(O)c1[N+](=O)[O-]. The summed E-state index contributed by atoms with van der Waals surface area (Å²) < 4.78 is 4.07. The van der Waals surface area contributed by atoms with E-state index in [2.05, 4.69) is 9.79 Å². The Labute approximate surface area is 90.3 Å². The lowest BCUT2D eigenvalue weighted by molar-refractivity contribution is -0.782. The van der Waals surface area contributed by atoms with E-state index in [1.54, 1.807) is 0 Å². The van der Waals surface area contributed by atoms with E-state index in [-0.39, 0.29) is 10.4 Å². The molecule has 0 aliphatic carbocycles. The van der Waals surface area contributed by atoms with E-state index >= 15 is 0 Å². The maximum Gasteiger partial charge on any atom is 0.392 e. The van der Waals surface area contributed by atoms with Gasteiger partial charge in [-0.25, -0.2) is 0 Å².